The Balaban J connectivity index is 1.83. The maximum absolute atomic E-state index is 13.7. The zero-order chi connectivity index (χ0) is 49.9. The van der Waals surface area contributed by atoms with Crippen molar-refractivity contribution < 1.29 is 47.9 Å². The number of nitrogens with two attached hydrogens (primary N) is 3. The molecule has 1 fully saturated rings. The maximum Gasteiger partial charge on any atom is 0.410 e. The Labute approximate surface area is 400 Å². The van der Waals surface area contributed by atoms with Crippen molar-refractivity contribution in [2.45, 2.75) is 154 Å². The number of hydrogen-bond acceptors (Lipinski definition) is 12. The molecule has 0 aromatic heterocycles. The summed E-state index contributed by atoms with van der Waals surface area (Å²) < 4.78 is 5.37. The van der Waals surface area contributed by atoms with Gasteiger partial charge < -0.3 is 43.2 Å². The number of ether oxygens (including phenoxy) is 1. The van der Waals surface area contributed by atoms with Gasteiger partial charge in [0, 0.05) is 52.4 Å². The molecule has 0 radical (unpaired) electrons. The SMILES string of the molecule is CC(C)C(NC(=O)CCCCCN1C(=O)CC(SCCCCCC(=O)NCCCCCN)C1=O)C(=O)N[C@@H](CCCNC(N)=O)C(=O)Cc1ccc(COC(=O)N(C)[C@H](C(N)=O)C(C)C)cc1. The van der Waals surface area contributed by atoms with Crippen molar-refractivity contribution in [1.82, 2.24) is 31.1 Å². The van der Waals surface area contributed by atoms with Gasteiger partial charge in [-0.15, -0.1) is 11.8 Å². The highest BCUT2D eigenvalue weighted by atomic mass is 32.2. The maximum atomic E-state index is 13.7. The molecule has 1 heterocycles. The van der Waals surface area contributed by atoms with Gasteiger partial charge in [0.1, 0.15) is 18.7 Å². The Morgan fingerprint density at radius 1 is 0.776 bits per heavy atom. The van der Waals surface area contributed by atoms with Crippen LogP contribution in [0, 0.1) is 11.8 Å². The highest BCUT2D eigenvalue weighted by Crippen LogP contribution is 2.27. The first-order valence-corrected chi connectivity index (χ1v) is 24.8. The van der Waals surface area contributed by atoms with Crippen LogP contribution in [0.3, 0.4) is 0 Å². The summed E-state index contributed by atoms with van der Waals surface area (Å²) in [5.74, 6) is -1.97. The molecular formula is C47H77N9O10S. The fraction of sp³-hybridized carbons (Fsp3) is 0.681. The number of carbonyl (C=O) groups excluding carboxylic acids is 9. The molecule has 67 heavy (non-hydrogen) atoms. The number of ketones is 1. The first kappa shape index (κ1) is 57.9. The number of rotatable bonds is 34. The standard InChI is InChI=1S/C47H77N9O10S/c1-31(2)41(54-39(59)18-9-6-13-26-56-40(60)29-37(45(56)63)67-27-14-7-10-17-38(58)51-24-12-8-11-23-48)44(62)53-35(16-15-25-52-46(50)64)36(57)28-33-19-21-34(22-20-33)30-66-47(65)55(5)42(32(3)4)43(49)61/h19-22,31-32,35,37,41-42H,6-18,23-30,48H2,1-5H3,(H2,49,61)(H,51,58)(H,53,62)(H,54,59)(H3,50,52,64)/t35-,37?,41?,42-/m0/s1. The quantitative estimate of drug-likeness (QED) is 0.0387. The molecule has 4 atom stereocenters. The van der Waals surface area contributed by atoms with Crippen LogP contribution in [0.2, 0.25) is 0 Å². The highest BCUT2D eigenvalue weighted by molar-refractivity contribution is 8.00. The Hall–Kier alpha value is -5.24. The van der Waals surface area contributed by atoms with E-state index in [4.69, 9.17) is 21.9 Å². The van der Waals surface area contributed by atoms with Gasteiger partial charge in [0.25, 0.3) is 0 Å². The van der Waals surface area contributed by atoms with Crippen LogP contribution in [0.5, 0.6) is 0 Å². The minimum Gasteiger partial charge on any atom is -0.445 e. The topological polar surface area (TPSA) is 296 Å². The Kier molecular flexibility index (Phi) is 27.4. The van der Waals surface area contributed by atoms with E-state index in [1.165, 1.54) is 23.7 Å². The molecule has 9 amide bonds. The van der Waals surface area contributed by atoms with Crippen LogP contribution in [0.1, 0.15) is 129 Å². The van der Waals surface area contributed by atoms with Gasteiger partial charge in [0.2, 0.25) is 35.4 Å². The fourth-order valence-electron chi connectivity index (χ4n) is 7.58. The summed E-state index contributed by atoms with van der Waals surface area (Å²) in [7, 11) is 1.44. The monoisotopic (exact) mass is 960 g/mol. The zero-order valence-corrected chi connectivity index (χ0v) is 41.1. The number of unbranched alkanes of at least 4 members (excludes halogenated alkanes) is 6. The number of benzene rings is 1. The van der Waals surface area contributed by atoms with E-state index in [9.17, 15) is 43.2 Å². The number of likely N-dealkylation sites (tertiary alicyclic amines) is 1. The number of urea groups is 1. The lowest BCUT2D eigenvalue weighted by atomic mass is 9.97. The van der Waals surface area contributed by atoms with E-state index in [-0.39, 0.29) is 86.6 Å². The molecule has 0 bridgehead atoms. The first-order valence-electron chi connectivity index (χ1n) is 23.7. The normalized spacial score (nSPS) is 14.9. The van der Waals surface area contributed by atoms with Crippen molar-refractivity contribution in [1.29, 1.82) is 0 Å². The van der Waals surface area contributed by atoms with Crippen LogP contribution in [0.15, 0.2) is 24.3 Å². The van der Waals surface area contributed by atoms with Gasteiger partial charge in [-0.2, -0.15) is 0 Å². The lowest BCUT2D eigenvalue weighted by molar-refractivity contribution is -0.138. The van der Waals surface area contributed by atoms with Crippen LogP contribution in [0.4, 0.5) is 9.59 Å². The summed E-state index contributed by atoms with van der Waals surface area (Å²) in [6, 6.07) is 3.36. The molecule has 1 aromatic rings. The second-order valence-electron chi connectivity index (χ2n) is 17.8. The largest absolute Gasteiger partial charge is 0.445 e. The third-order valence-electron chi connectivity index (χ3n) is 11.4. The lowest BCUT2D eigenvalue weighted by Crippen LogP contribution is -2.54. The van der Waals surface area contributed by atoms with Gasteiger partial charge >= 0.3 is 12.1 Å². The summed E-state index contributed by atoms with van der Waals surface area (Å²) in [6.07, 6.45) is 7.47. The van der Waals surface area contributed by atoms with E-state index < -0.39 is 47.3 Å². The zero-order valence-electron chi connectivity index (χ0n) is 40.2. The number of thioether (sulfide) groups is 1. The predicted molar refractivity (Wildman–Crippen MR) is 257 cm³/mol. The minimum absolute atomic E-state index is 0.0436. The first-order chi connectivity index (χ1) is 31.9. The molecule has 0 saturated carbocycles. The van der Waals surface area contributed by atoms with E-state index in [1.807, 2.05) is 0 Å². The molecule has 10 N–H and O–H groups in total. The second kappa shape index (κ2) is 31.7. The summed E-state index contributed by atoms with van der Waals surface area (Å²) in [5, 5.41) is 10.6. The number of primary amides is 2. The van der Waals surface area contributed by atoms with E-state index in [0.29, 0.717) is 56.3 Å². The molecule has 19 nitrogen and oxygen atoms in total. The van der Waals surface area contributed by atoms with Crippen LogP contribution in [0.25, 0.3) is 0 Å². The van der Waals surface area contributed by atoms with Gasteiger partial charge in [-0.05, 0) is 86.6 Å². The summed E-state index contributed by atoms with van der Waals surface area (Å²) >= 11 is 1.48. The van der Waals surface area contributed by atoms with Gasteiger partial charge in [-0.1, -0.05) is 71.2 Å². The van der Waals surface area contributed by atoms with Crippen molar-refractivity contribution >= 4 is 65.1 Å². The van der Waals surface area contributed by atoms with Gasteiger partial charge in [-0.3, -0.25) is 43.4 Å². The average Bonchev–Trinajstić information content (AvgIpc) is 3.54. The summed E-state index contributed by atoms with van der Waals surface area (Å²) in [4.78, 5) is 116. The molecule has 1 aliphatic rings. The molecule has 1 saturated heterocycles. The van der Waals surface area contributed by atoms with E-state index in [2.05, 4.69) is 21.3 Å². The Bertz CT molecular complexity index is 1780. The molecular weight excluding hydrogens is 883 g/mol. The molecule has 0 spiro atoms. The summed E-state index contributed by atoms with van der Waals surface area (Å²) in [5.41, 5.74) is 17.4. The molecule has 0 aliphatic carbocycles. The molecule has 2 unspecified atom stereocenters. The van der Waals surface area contributed by atoms with E-state index >= 15 is 0 Å². The molecule has 1 aliphatic heterocycles. The predicted octanol–water partition coefficient (Wildman–Crippen LogP) is 3.18. The van der Waals surface area contributed by atoms with Crippen molar-refractivity contribution in [3.05, 3.63) is 35.4 Å². The minimum atomic E-state index is -0.948. The smallest absolute Gasteiger partial charge is 0.410 e. The number of Topliss-reactive ketones (excluding diaryl/α,β-unsaturated/α-hetero) is 1. The van der Waals surface area contributed by atoms with Crippen molar-refractivity contribution in [2.24, 2.45) is 29.0 Å². The van der Waals surface area contributed by atoms with Crippen LogP contribution < -0.4 is 38.5 Å². The molecule has 20 heteroatoms. The van der Waals surface area contributed by atoms with Crippen molar-refractivity contribution in [3.63, 3.8) is 0 Å². The number of amides is 9. The van der Waals surface area contributed by atoms with E-state index in [1.54, 1.807) is 52.0 Å². The van der Waals surface area contributed by atoms with Gasteiger partial charge in [-0.25, -0.2) is 9.59 Å². The number of hydrogen-bond donors (Lipinski definition) is 7. The van der Waals surface area contributed by atoms with Crippen molar-refractivity contribution in [3.8, 4) is 0 Å². The number of likely N-dealkylation sites (N-methyl/N-ethyl adjacent to an activating group) is 1. The number of nitrogens with one attached hydrogen (secondary N) is 4. The fourth-order valence-corrected chi connectivity index (χ4v) is 8.77. The summed E-state index contributed by atoms with van der Waals surface area (Å²) in [6.45, 7) is 8.79. The van der Waals surface area contributed by atoms with Crippen LogP contribution in [-0.2, 0) is 51.3 Å². The number of imide groups is 1. The highest BCUT2D eigenvalue weighted by Gasteiger charge is 2.38. The van der Waals surface area contributed by atoms with Crippen molar-refractivity contribution in [2.75, 3.05) is 39.0 Å². The lowest BCUT2D eigenvalue weighted by Gasteiger charge is -2.27. The van der Waals surface area contributed by atoms with Crippen LogP contribution >= 0.6 is 11.8 Å². The Morgan fingerprint density at radius 2 is 1.40 bits per heavy atom. The number of nitrogens with zero attached hydrogens (tertiary/aromatic N) is 2. The molecule has 1 aromatic carbocycles. The van der Waals surface area contributed by atoms with Gasteiger partial charge in [0.15, 0.2) is 5.78 Å². The van der Waals surface area contributed by atoms with Crippen LogP contribution in [-0.4, -0.2) is 126 Å². The molecule has 376 valence electrons. The van der Waals surface area contributed by atoms with Gasteiger partial charge in [0.05, 0.1) is 11.3 Å². The third-order valence-corrected chi connectivity index (χ3v) is 12.7. The Morgan fingerprint density at radius 3 is 2.03 bits per heavy atom. The number of carbonyl (C=O) groups is 9. The second-order valence-corrected chi connectivity index (χ2v) is 19.1. The average molecular weight is 960 g/mol. The third kappa shape index (κ3) is 22.4. The molecule has 2 rings (SSSR count). The van der Waals surface area contributed by atoms with E-state index in [0.717, 1.165) is 49.2 Å².